The fraction of sp³-hybridized carbons (Fsp3) is 0.316. The van der Waals surface area contributed by atoms with Crippen molar-refractivity contribution in [3.8, 4) is 0 Å². The summed E-state index contributed by atoms with van der Waals surface area (Å²) in [7, 11) is 0. The van der Waals surface area contributed by atoms with Gasteiger partial charge < -0.3 is 15.7 Å². The number of nitrogens with one attached hydrogen (secondary N) is 2. The summed E-state index contributed by atoms with van der Waals surface area (Å²) in [6, 6.07) is 9.24. The van der Waals surface area contributed by atoms with Crippen LogP contribution in [0.5, 0.6) is 0 Å². The molecular formula is C19H22F4IN3O. The molecule has 0 spiro atoms. The van der Waals surface area contributed by atoms with Gasteiger partial charge in [-0.05, 0) is 18.9 Å². The molecule has 2 aromatic carbocycles. The van der Waals surface area contributed by atoms with Crippen molar-refractivity contribution < 1.29 is 22.7 Å². The zero-order valence-corrected chi connectivity index (χ0v) is 17.5. The van der Waals surface area contributed by atoms with Gasteiger partial charge in [0.1, 0.15) is 0 Å². The van der Waals surface area contributed by atoms with Crippen LogP contribution in [-0.4, -0.2) is 24.2 Å². The lowest BCUT2D eigenvalue weighted by Crippen LogP contribution is -2.38. The summed E-state index contributed by atoms with van der Waals surface area (Å²) < 4.78 is 53.9. The van der Waals surface area contributed by atoms with Gasteiger partial charge in [0.2, 0.25) is 0 Å². The Kier molecular flexibility index (Phi) is 10.2. The number of hydrogen-bond donors (Lipinski definition) is 3. The highest BCUT2D eigenvalue weighted by Crippen LogP contribution is 2.20. The van der Waals surface area contributed by atoms with E-state index in [1.807, 2.05) is 18.2 Å². The largest absolute Gasteiger partial charge is 0.388 e. The predicted octanol–water partition coefficient (Wildman–Crippen LogP) is 4.04. The van der Waals surface area contributed by atoms with Crippen LogP contribution in [0, 0.1) is 23.3 Å². The molecule has 2 aromatic rings. The van der Waals surface area contributed by atoms with Crippen molar-refractivity contribution in [3.63, 3.8) is 0 Å². The number of guanidine groups is 1. The molecule has 0 saturated carbocycles. The molecule has 0 bridgehead atoms. The van der Waals surface area contributed by atoms with E-state index in [2.05, 4.69) is 15.6 Å². The second-order valence-corrected chi connectivity index (χ2v) is 5.78. The molecule has 0 aromatic heterocycles. The lowest BCUT2D eigenvalue weighted by molar-refractivity contribution is 0.168. The molecule has 0 saturated heterocycles. The van der Waals surface area contributed by atoms with Crippen LogP contribution >= 0.6 is 24.0 Å². The van der Waals surface area contributed by atoms with Crippen LogP contribution in [0.3, 0.4) is 0 Å². The Balaban J connectivity index is 0.00000392. The molecular weight excluding hydrogens is 489 g/mol. The van der Waals surface area contributed by atoms with Gasteiger partial charge >= 0.3 is 0 Å². The number of rotatable bonds is 7. The van der Waals surface area contributed by atoms with Crippen LogP contribution in [-0.2, 0) is 6.54 Å². The van der Waals surface area contributed by atoms with Crippen LogP contribution in [0.15, 0.2) is 41.4 Å². The van der Waals surface area contributed by atoms with Crippen molar-refractivity contribution in [1.29, 1.82) is 0 Å². The third-order valence-corrected chi connectivity index (χ3v) is 3.84. The molecule has 3 N–H and O–H groups in total. The first-order valence-electron chi connectivity index (χ1n) is 8.51. The molecule has 0 heterocycles. The summed E-state index contributed by atoms with van der Waals surface area (Å²) in [4.78, 5) is 3.96. The minimum Gasteiger partial charge on any atom is -0.388 e. The lowest BCUT2D eigenvalue weighted by Gasteiger charge is -2.14. The third kappa shape index (κ3) is 6.62. The minimum absolute atomic E-state index is 0. The Hall–Kier alpha value is -1.88. The summed E-state index contributed by atoms with van der Waals surface area (Å²) in [6.45, 7) is 2.00. The second kappa shape index (κ2) is 11.8. The van der Waals surface area contributed by atoms with E-state index in [1.165, 1.54) is 0 Å². The topological polar surface area (TPSA) is 56.7 Å². The highest BCUT2D eigenvalue weighted by Gasteiger charge is 2.18. The number of aliphatic hydroxyl groups excluding tert-OH is 1. The Labute approximate surface area is 178 Å². The average Bonchev–Trinajstić information content (AvgIpc) is 2.67. The number of hydrogen-bond acceptors (Lipinski definition) is 2. The Morgan fingerprint density at radius 3 is 2.21 bits per heavy atom. The first kappa shape index (κ1) is 24.2. The fourth-order valence-electron chi connectivity index (χ4n) is 2.43. The summed E-state index contributed by atoms with van der Waals surface area (Å²) in [5.74, 6) is -5.66. The van der Waals surface area contributed by atoms with Crippen LogP contribution in [0.1, 0.15) is 30.6 Å². The SMILES string of the molecule is CCNC(=NCc1c(F)c(F)cc(F)c1F)NCCC(O)c1ccccc1.I. The number of aliphatic hydroxyl groups is 1. The van der Waals surface area contributed by atoms with E-state index in [9.17, 15) is 22.7 Å². The molecule has 1 atom stereocenters. The summed E-state index contributed by atoms with van der Waals surface area (Å²) in [5, 5.41) is 15.9. The van der Waals surface area contributed by atoms with Crippen molar-refractivity contribution in [3.05, 3.63) is 70.8 Å². The van der Waals surface area contributed by atoms with Gasteiger partial charge in [0.15, 0.2) is 29.2 Å². The van der Waals surface area contributed by atoms with Crippen molar-refractivity contribution in [2.75, 3.05) is 13.1 Å². The Morgan fingerprint density at radius 2 is 1.64 bits per heavy atom. The maximum Gasteiger partial charge on any atom is 0.191 e. The molecule has 2 rings (SSSR count). The van der Waals surface area contributed by atoms with Gasteiger partial charge in [-0.1, -0.05) is 30.3 Å². The normalized spacial score (nSPS) is 12.3. The van der Waals surface area contributed by atoms with E-state index in [0.717, 1.165) is 5.56 Å². The van der Waals surface area contributed by atoms with Crippen LogP contribution < -0.4 is 10.6 Å². The van der Waals surface area contributed by atoms with E-state index in [4.69, 9.17) is 0 Å². The van der Waals surface area contributed by atoms with Crippen molar-refractivity contribution in [2.45, 2.75) is 26.0 Å². The zero-order valence-electron chi connectivity index (χ0n) is 15.2. The first-order valence-corrected chi connectivity index (χ1v) is 8.51. The van der Waals surface area contributed by atoms with E-state index < -0.39 is 41.5 Å². The van der Waals surface area contributed by atoms with Gasteiger partial charge in [0.05, 0.1) is 18.2 Å². The first-order chi connectivity index (χ1) is 12.9. The predicted molar refractivity (Wildman–Crippen MR) is 111 cm³/mol. The van der Waals surface area contributed by atoms with Crippen molar-refractivity contribution >= 4 is 29.9 Å². The standard InChI is InChI=1S/C19H21F4N3O.HI/c1-2-24-19(25-9-8-16(27)12-6-4-3-5-7-12)26-11-13-17(22)14(20)10-15(21)18(13)23;/h3-7,10,16,27H,2,8-9,11H2,1H3,(H2,24,25,26);1H. The number of halogens is 5. The summed E-state index contributed by atoms with van der Waals surface area (Å²) in [6.07, 6.45) is -0.320. The van der Waals surface area contributed by atoms with Gasteiger partial charge in [-0.25, -0.2) is 22.6 Å². The average molecular weight is 511 g/mol. The van der Waals surface area contributed by atoms with E-state index in [1.54, 1.807) is 19.1 Å². The van der Waals surface area contributed by atoms with Crippen molar-refractivity contribution in [2.24, 2.45) is 4.99 Å². The third-order valence-electron chi connectivity index (χ3n) is 3.84. The Bertz CT molecular complexity index is 764. The monoisotopic (exact) mass is 511 g/mol. The van der Waals surface area contributed by atoms with E-state index in [-0.39, 0.29) is 36.0 Å². The molecule has 0 fully saturated rings. The van der Waals surface area contributed by atoms with Gasteiger partial charge in [0.25, 0.3) is 0 Å². The van der Waals surface area contributed by atoms with Crippen LogP contribution in [0.25, 0.3) is 0 Å². The summed E-state index contributed by atoms with van der Waals surface area (Å²) >= 11 is 0. The smallest absolute Gasteiger partial charge is 0.191 e. The molecule has 4 nitrogen and oxygen atoms in total. The van der Waals surface area contributed by atoms with E-state index in [0.29, 0.717) is 19.5 Å². The van der Waals surface area contributed by atoms with Crippen LogP contribution in [0.2, 0.25) is 0 Å². The minimum atomic E-state index is -1.47. The number of aliphatic imine (C=N–C) groups is 1. The quantitative estimate of drug-likeness (QED) is 0.173. The molecule has 28 heavy (non-hydrogen) atoms. The molecule has 0 aliphatic rings. The maximum atomic E-state index is 13.7. The maximum absolute atomic E-state index is 13.7. The van der Waals surface area contributed by atoms with E-state index >= 15 is 0 Å². The molecule has 9 heteroatoms. The fourth-order valence-corrected chi connectivity index (χ4v) is 2.43. The molecule has 1 unspecified atom stereocenters. The second-order valence-electron chi connectivity index (χ2n) is 5.78. The Morgan fingerprint density at radius 1 is 1.04 bits per heavy atom. The van der Waals surface area contributed by atoms with Gasteiger partial charge in [-0.15, -0.1) is 24.0 Å². The van der Waals surface area contributed by atoms with Gasteiger partial charge in [-0.3, -0.25) is 0 Å². The van der Waals surface area contributed by atoms with Gasteiger partial charge in [0, 0.05) is 19.2 Å². The van der Waals surface area contributed by atoms with Crippen molar-refractivity contribution in [1.82, 2.24) is 10.6 Å². The van der Waals surface area contributed by atoms with Gasteiger partial charge in [-0.2, -0.15) is 0 Å². The number of benzene rings is 2. The lowest BCUT2D eigenvalue weighted by atomic mass is 10.1. The molecule has 0 radical (unpaired) electrons. The number of nitrogens with zero attached hydrogens (tertiary/aromatic N) is 1. The molecule has 0 aliphatic heterocycles. The highest BCUT2D eigenvalue weighted by atomic mass is 127. The van der Waals surface area contributed by atoms with Crippen LogP contribution in [0.4, 0.5) is 17.6 Å². The molecule has 0 amide bonds. The molecule has 154 valence electrons. The molecule has 0 aliphatic carbocycles. The summed E-state index contributed by atoms with van der Waals surface area (Å²) in [5.41, 5.74) is -0.0189. The zero-order chi connectivity index (χ0) is 19.8. The highest BCUT2D eigenvalue weighted by molar-refractivity contribution is 14.0.